The number of nitrogens with one attached hydrogen (secondary N) is 1. The lowest BCUT2D eigenvalue weighted by Gasteiger charge is -2.21. The summed E-state index contributed by atoms with van der Waals surface area (Å²) in [5.41, 5.74) is 0. The van der Waals surface area contributed by atoms with Gasteiger partial charge in [-0.2, -0.15) is 0 Å². The Morgan fingerprint density at radius 2 is 2.00 bits per heavy atom. The van der Waals surface area contributed by atoms with Gasteiger partial charge in [-0.3, -0.25) is 0 Å². The number of aliphatic hydroxyl groups is 1. The molecule has 1 aliphatic rings. The van der Waals surface area contributed by atoms with E-state index in [1.807, 2.05) is 13.8 Å². The average molecular weight is 235 g/mol. The molecule has 15 heavy (non-hydrogen) atoms. The SMILES string of the molecule is CC(C)C(CCO)NS(=O)(=O)CC1CC1. The van der Waals surface area contributed by atoms with Crippen LogP contribution in [0.1, 0.15) is 33.1 Å². The number of rotatable bonds is 7. The summed E-state index contributed by atoms with van der Waals surface area (Å²) < 4.78 is 26.0. The molecule has 2 N–H and O–H groups in total. The molecule has 0 aliphatic heterocycles. The van der Waals surface area contributed by atoms with Crippen LogP contribution < -0.4 is 4.72 Å². The van der Waals surface area contributed by atoms with E-state index in [9.17, 15) is 8.42 Å². The molecule has 0 saturated heterocycles. The molecule has 0 amide bonds. The predicted octanol–water partition coefficient (Wildman–Crippen LogP) is 0.723. The molecule has 1 atom stereocenters. The molecule has 0 aromatic carbocycles. The third-order valence-electron chi connectivity index (χ3n) is 2.73. The Labute approximate surface area is 92.1 Å². The first kappa shape index (κ1) is 12.9. The molecule has 0 heterocycles. The van der Waals surface area contributed by atoms with Crippen LogP contribution in [0, 0.1) is 11.8 Å². The van der Waals surface area contributed by atoms with Crippen molar-refractivity contribution in [1.29, 1.82) is 0 Å². The molecular formula is C10H21NO3S. The summed E-state index contributed by atoms with van der Waals surface area (Å²) in [6, 6.07) is -0.140. The summed E-state index contributed by atoms with van der Waals surface area (Å²) in [5.74, 6) is 0.831. The quantitative estimate of drug-likeness (QED) is 0.683. The molecule has 4 nitrogen and oxygen atoms in total. The Bertz CT molecular complexity index is 283. The summed E-state index contributed by atoms with van der Waals surface area (Å²) in [4.78, 5) is 0. The minimum atomic E-state index is -3.15. The molecule has 0 bridgehead atoms. The van der Waals surface area contributed by atoms with Crippen molar-refractivity contribution < 1.29 is 13.5 Å². The van der Waals surface area contributed by atoms with E-state index in [2.05, 4.69) is 4.72 Å². The average Bonchev–Trinajstić information content (AvgIpc) is 2.86. The van der Waals surface area contributed by atoms with Gasteiger partial charge in [0.15, 0.2) is 0 Å². The summed E-state index contributed by atoms with van der Waals surface area (Å²) in [5, 5.41) is 8.84. The van der Waals surface area contributed by atoms with Crippen molar-refractivity contribution in [3.63, 3.8) is 0 Å². The highest BCUT2D eigenvalue weighted by Gasteiger charge is 2.29. The Morgan fingerprint density at radius 3 is 2.40 bits per heavy atom. The molecular weight excluding hydrogens is 214 g/mol. The summed E-state index contributed by atoms with van der Waals surface area (Å²) in [7, 11) is -3.15. The van der Waals surface area contributed by atoms with Gasteiger partial charge in [-0.1, -0.05) is 13.8 Å². The Kier molecular flexibility index (Phi) is 4.55. The molecule has 90 valence electrons. The lowest BCUT2D eigenvalue weighted by molar-refractivity contribution is 0.256. The monoisotopic (exact) mass is 235 g/mol. The molecule has 1 rings (SSSR count). The van der Waals surface area contributed by atoms with Crippen molar-refractivity contribution in [2.24, 2.45) is 11.8 Å². The first-order valence-corrected chi connectivity index (χ1v) is 7.20. The molecule has 0 aromatic heterocycles. The van der Waals surface area contributed by atoms with E-state index in [1.54, 1.807) is 0 Å². The van der Waals surface area contributed by atoms with Crippen molar-refractivity contribution in [3.8, 4) is 0 Å². The van der Waals surface area contributed by atoms with Crippen molar-refractivity contribution in [2.75, 3.05) is 12.4 Å². The minimum Gasteiger partial charge on any atom is -0.396 e. The topological polar surface area (TPSA) is 66.4 Å². The van der Waals surface area contributed by atoms with Crippen LogP contribution in [0.3, 0.4) is 0 Å². The summed E-state index contributed by atoms with van der Waals surface area (Å²) >= 11 is 0. The highest BCUT2D eigenvalue weighted by molar-refractivity contribution is 7.89. The van der Waals surface area contributed by atoms with Crippen molar-refractivity contribution in [1.82, 2.24) is 4.72 Å². The van der Waals surface area contributed by atoms with Gasteiger partial charge in [-0.05, 0) is 31.1 Å². The smallest absolute Gasteiger partial charge is 0.212 e. The van der Waals surface area contributed by atoms with E-state index in [1.165, 1.54) is 0 Å². The Morgan fingerprint density at radius 1 is 1.40 bits per heavy atom. The normalized spacial score (nSPS) is 19.5. The number of sulfonamides is 1. The number of hydrogen-bond acceptors (Lipinski definition) is 3. The van der Waals surface area contributed by atoms with E-state index in [0.29, 0.717) is 12.3 Å². The predicted molar refractivity (Wildman–Crippen MR) is 60.0 cm³/mol. The zero-order valence-corrected chi connectivity index (χ0v) is 10.3. The van der Waals surface area contributed by atoms with Gasteiger partial charge in [-0.25, -0.2) is 13.1 Å². The van der Waals surface area contributed by atoms with Gasteiger partial charge in [0.05, 0.1) is 5.75 Å². The van der Waals surface area contributed by atoms with Gasteiger partial charge in [-0.15, -0.1) is 0 Å². The van der Waals surface area contributed by atoms with E-state index < -0.39 is 10.0 Å². The Balaban J connectivity index is 2.47. The molecule has 0 radical (unpaired) electrons. The standard InChI is InChI=1S/C10H21NO3S/c1-8(2)10(5-6-12)11-15(13,14)7-9-3-4-9/h8-12H,3-7H2,1-2H3. The highest BCUT2D eigenvalue weighted by atomic mass is 32.2. The Hall–Kier alpha value is -0.130. The fourth-order valence-electron chi connectivity index (χ4n) is 1.54. The van der Waals surface area contributed by atoms with Gasteiger partial charge < -0.3 is 5.11 Å². The molecule has 1 unspecified atom stereocenters. The van der Waals surface area contributed by atoms with Crippen LogP contribution in [-0.4, -0.2) is 31.9 Å². The van der Waals surface area contributed by atoms with Gasteiger partial charge in [0.1, 0.15) is 0 Å². The fraction of sp³-hybridized carbons (Fsp3) is 1.00. The van der Waals surface area contributed by atoms with Crippen LogP contribution in [0.2, 0.25) is 0 Å². The molecule has 0 spiro atoms. The van der Waals surface area contributed by atoms with Crippen molar-refractivity contribution in [3.05, 3.63) is 0 Å². The number of aliphatic hydroxyl groups excluding tert-OH is 1. The zero-order valence-electron chi connectivity index (χ0n) is 9.44. The third kappa shape index (κ3) is 4.95. The second kappa shape index (κ2) is 5.27. The van der Waals surface area contributed by atoms with E-state index >= 15 is 0 Å². The van der Waals surface area contributed by atoms with Crippen molar-refractivity contribution in [2.45, 2.75) is 39.2 Å². The molecule has 1 fully saturated rings. The van der Waals surface area contributed by atoms with E-state index in [4.69, 9.17) is 5.11 Å². The zero-order chi connectivity index (χ0) is 11.5. The number of hydrogen-bond donors (Lipinski definition) is 2. The molecule has 1 saturated carbocycles. The largest absolute Gasteiger partial charge is 0.396 e. The summed E-state index contributed by atoms with van der Waals surface area (Å²) in [6.45, 7) is 3.94. The lowest BCUT2D eigenvalue weighted by Crippen LogP contribution is -2.40. The van der Waals surface area contributed by atoms with Gasteiger partial charge in [0.25, 0.3) is 0 Å². The second-order valence-corrected chi connectivity index (χ2v) is 6.50. The first-order valence-electron chi connectivity index (χ1n) is 5.55. The van der Waals surface area contributed by atoms with Crippen LogP contribution >= 0.6 is 0 Å². The van der Waals surface area contributed by atoms with Crippen LogP contribution in [0.4, 0.5) is 0 Å². The lowest BCUT2D eigenvalue weighted by atomic mass is 10.0. The van der Waals surface area contributed by atoms with Crippen LogP contribution in [0.15, 0.2) is 0 Å². The molecule has 5 heteroatoms. The maximum absolute atomic E-state index is 11.7. The van der Waals surface area contributed by atoms with Crippen LogP contribution in [0.25, 0.3) is 0 Å². The maximum Gasteiger partial charge on any atom is 0.212 e. The minimum absolute atomic E-state index is 0.0226. The van der Waals surface area contributed by atoms with Crippen molar-refractivity contribution >= 4 is 10.0 Å². The van der Waals surface area contributed by atoms with Crippen LogP contribution in [0.5, 0.6) is 0 Å². The van der Waals surface area contributed by atoms with Crippen LogP contribution in [-0.2, 0) is 10.0 Å². The van der Waals surface area contributed by atoms with Gasteiger partial charge >= 0.3 is 0 Å². The third-order valence-corrected chi connectivity index (χ3v) is 4.30. The second-order valence-electron chi connectivity index (χ2n) is 4.71. The molecule has 1 aliphatic carbocycles. The van der Waals surface area contributed by atoms with Gasteiger partial charge in [0, 0.05) is 12.6 Å². The van der Waals surface area contributed by atoms with E-state index in [-0.39, 0.29) is 24.3 Å². The molecule has 0 aromatic rings. The van der Waals surface area contributed by atoms with E-state index in [0.717, 1.165) is 12.8 Å². The fourth-order valence-corrected chi connectivity index (χ4v) is 3.44. The first-order chi connectivity index (χ1) is 6.94. The summed E-state index contributed by atoms with van der Waals surface area (Å²) in [6.07, 6.45) is 2.56. The maximum atomic E-state index is 11.7. The highest BCUT2D eigenvalue weighted by Crippen LogP contribution is 2.30. The van der Waals surface area contributed by atoms with Gasteiger partial charge in [0.2, 0.25) is 10.0 Å².